The molecular formula is C19H18ClN3O3. The van der Waals surface area contributed by atoms with E-state index in [0.717, 1.165) is 11.4 Å². The molecule has 3 rings (SSSR count). The quantitative estimate of drug-likeness (QED) is 0.733. The van der Waals surface area contributed by atoms with Gasteiger partial charge in [-0.2, -0.15) is 0 Å². The number of benzene rings is 2. The summed E-state index contributed by atoms with van der Waals surface area (Å²) in [7, 11) is 3.06. The second-order valence-electron chi connectivity index (χ2n) is 5.58. The van der Waals surface area contributed by atoms with Gasteiger partial charge >= 0.3 is 0 Å². The van der Waals surface area contributed by atoms with E-state index in [4.69, 9.17) is 21.1 Å². The number of aromatic nitrogens is 2. The lowest BCUT2D eigenvalue weighted by Crippen LogP contribution is -2.14. The van der Waals surface area contributed by atoms with Crippen LogP contribution in [0.3, 0.4) is 0 Å². The molecule has 26 heavy (non-hydrogen) atoms. The predicted octanol–water partition coefficient (Wildman–Crippen LogP) is 4.10. The second-order valence-corrected chi connectivity index (χ2v) is 6.02. The molecule has 1 N–H and O–H groups in total. The molecule has 0 bridgehead atoms. The Morgan fingerprint density at radius 2 is 1.81 bits per heavy atom. The zero-order valence-electron chi connectivity index (χ0n) is 14.6. The van der Waals surface area contributed by atoms with Gasteiger partial charge in [-0.3, -0.25) is 4.79 Å². The van der Waals surface area contributed by atoms with Gasteiger partial charge in [0.2, 0.25) is 0 Å². The summed E-state index contributed by atoms with van der Waals surface area (Å²) >= 11 is 5.92. The molecule has 0 fully saturated rings. The van der Waals surface area contributed by atoms with Crippen molar-refractivity contribution in [2.45, 2.75) is 6.92 Å². The van der Waals surface area contributed by atoms with Crippen LogP contribution >= 0.6 is 11.6 Å². The molecule has 1 heterocycles. The number of carbonyl (C=O) groups excluding carboxylic acids is 1. The van der Waals surface area contributed by atoms with E-state index in [1.165, 1.54) is 7.11 Å². The number of ether oxygens (including phenoxy) is 2. The highest BCUT2D eigenvalue weighted by atomic mass is 35.5. The standard InChI is InChI=1S/C19H18ClN3O3/c1-12-10-18(22-23(12)14-6-4-13(20)5-7-14)21-19(24)16-9-8-15(25-2)11-17(16)26-3/h4-11H,1-3H3,(H,21,22,24). The van der Waals surface area contributed by atoms with E-state index in [9.17, 15) is 4.79 Å². The zero-order valence-corrected chi connectivity index (χ0v) is 15.4. The molecule has 7 heteroatoms. The SMILES string of the molecule is COc1ccc(C(=O)Nc2cc(C)n(-c3ccc(Cl)cc3)n2)c(OC)c1. The third-order valence-electron chi connectivity index (χ3n) is 3.85. The van der Waals surface area contributed by atoms with Crippen LogP contribution in [-0.2, 0) is 0 Å². The summed E-state index contributed by atoms with van der Waals surface area (Å²) in [5.41, 5.74) is 2.13. The Kier molecular flexibility index (Phi) is 5.14. The van der Waals surface area contributed by atoms with Crippen molar-refractivity contribution in [1.29, 1.82) is 0 Å². The molecule has 0 saturated carbocycles. The maximum atomic E-state index is 12.6. The highest BCUT2D eigenvalue weighted by molar-refractivity contribution is 6.30. The van der Waals surface area contributed by atoms with Crippen molar-refractivity contribution in [3.8, 4) is 17.2 Å². The van der Waals surface area contributed by atoms with Gasteiger partial charge in [-0.15, -0.1) is 5.10 Å². The largest absolute Gasteiger partial charge is 0.497 e. The van der Waals surface area contributed by atoms with Crippen molar-refractivity contribution in [3.63, 3.8) is 0 Å². The third-order valence-corrected chi connectivity index (χ3v) is 4.11. The maximum absolute atomic E-state index is 12.6. The highest BCUT2D eigenvalue weighted by Crippen LogP contribution is 2.25. The lowest BCUT2D eigenvalue weighted by molar-refractivity contribution is 0.102. The van der Waals surface area contributed by atoms with Crippen LogP contribution in [0.1, 0.15) is 16.1 Å². The Balaban J connectivity index is 1.84. The molecule has 0 radical (unpaired) electrons. The van der Waals surface area contributed by atoms with Gasteiger partial charge in [0, 0.05) is 22.8 Å². The van der Waals surface area contributed by atoms with Crippen LogP contribution in [0.5, 0.6) is 11.5 Å². The molecule has 2 aromatic carbocycles. The van der Waals surface area contributed by atoms with Crippen molar-refractivity contribution < 1.29 is 14.3 Å². The average Bonchev–Trinajstić information content (AvgIpc) is 3.01. The normalized spacial score (nSPS) is 10.5. The van der Waals surface area contributed by atoms with E-state index in [-0.39, 0.29) is 5.91 Å². The summed E-state index contributed by atoms with van der Waals surface area (Å²) in [6, 6.07) is 14.1. The molecule has 3 aromatic rings. The predicted molar refractivity (Wildman–Crippen MR) is 101 cm³/mol. The summed E-state index contributed by atoms with van der Waals surface area (Å²) in [6.45, 7) is 1.91. The third kappa shape index (κ3) is 3.65. The number of anilines is 1. The minimum atomic E-state index is -0.315. The molecule has 1 amide bonds. The Labute approximate surface area is 156 Å². The molecule has 0 aliphatic carbocycles. The summed E-state index contributed by atoms with van der Waals surface area (Å²) < 4.78 is 12.2. The van der Waals surface area contributed by atoms with Gasteiger partial charge in [0.05, 0.1) is 25.5 Å². The van der Waals surface area contributed by atoms with Gasteiger partial charge in [0.1, 0.15) is 11.5 Å². The van der Waals surface area contributed by atoms with Gasteiger partial charge in [-0.1, -0.05) is 11.6 Å². The number of amides is 1. The molecule has 0 spiro atoms. The van der Waals surface area contributed by atoms with Crippen molar-refractivity contribution in [2.75, 3.05) is 19.5 Å². The number of aryl methyl sites for hydroxylation is 1. The van der Waals surface area contributed by atoms with E-state index < -0.39 is 0 Å². The van der Waals surface area contributed by atoms with E-state index >= 15 is 0 Å². The number of nitrogens with zero attached hydrogens (tertiary/aromatic N) is 2. The Bertz CT molecular complexity index is 936. The van der Waals surface area contributed by atoms with Crippen LogP contribution in [-0.4, -0.2) is 29.9 Å². The van der Waals surface area contributed by atoms with E-state index in [1.54, 1.807) is 48.2 Å². The summed E-state index contributed by atoms with van der Waals surface area (Å²) in [4.78, 5) is 12.6. The van der Waals surface area contributed by atoms with Crippen LogP contribution < -0.4 is 14.8 Å². The van der Waals surface area contributed by atoms with Gasteiger partial charge in [-0.05, 0) is 43.3 Å². The zero-order chi connectivity index (χ0) is 18.7. The number of nitrogens with one attached hydrogen (secondary N) is 1. The summed E-state index contributed by atoms with van der Waals surface area (Å²) in [5.74, 6) is 1.17. The lowest BCUT2D eigenvalue weighted by Gasteiger charge is -2.09. The number of halogens is 1. The van der Waals surface area contributed by atoms with Crippen molar-refractivity contribution >= 4 is 23.3 Å². The number of hydrogen-bond acceptors (Lipinski definition) is 4. The van der Waals surface area contributed by atoms with E-state index in [2.05, 4.69) is 10.4 Å². The first-order valence-corrected chi connectivity index (χ1v) is 8.25. The fourth-order valence-electron chi connectivity index (χ4n) is 2.55. The van der Waals surface area contributed by atoms with Crippen molar-refractivity contribution in [2.24, 2.45) is 0 Å². The molecule has 134 valence electrons. The number of hydrogen-bond donors (Lipinski definition) is 1. The van der Waals surface area contributed by atoms with Crippen molar-refractivity contribution in [1.82, 2.24) is 9.78 Å². The Morgan fingerprint density at radius 3 is 2.46 bits per heavy atom. The molecule has 6 nitrogen and oxygen atoms in total. The molecule has 0 aliphatic heterocycles. The van der Waals surface area contributed by atoms with E-state index in [0.29, 0.717) is 27.9 Å². The first-order chi connectivity index (χ1) is 12.5. The Hall–Kier alpha value is -2.99. The second kappa shape index (κ2) is 7.49. The minimum Gasteiger partial charge on any atom is -0.497 e. The fraction of sp³-hybridized carbons (Fsp3) is 0.158. The van der Waals surface area contributed by atoms with Crippen LogP contribution in [0.2, 0.25) is 5.02 Å². The van der Waals surface area contributed by atoms with E-state index in [1.807, 2.05) is 19.1 Å². The first-order valence-electron chi connectivity index (χ1n) is 7.88. The monoisotopic (exact) mass is 371 g/mol. The lowest BCUT2D eigenvalue weighted by atomic mass is 10.1. The van der Waals surface area contributed by atoms with Crippen LogP contribution in [0.15, 0.2) is 48.5 Å². The fourth-order valence-corrected chi connectivity index (χ4v) is 2.67. The summed E-state index contributed by atoms with van der Waals surface area (Å²) in [6.07, 6.45) is 0. The Morgan fingerprint density at radius 1 is 1.08 bits per heavy atom. The minimum absolute atomic E-state index is 0.315. The van der Waals surface area contributed by atoms with Crippen LogP contribution in [0.25, 0.3) is 5.69 Å². The topological polar surface area (TPSA) is 65.4 Å². The molecule has 0 atom stereocenters. The number of methoxy groups -OCH3 is 2. The average molecular weight is 372 g/mol. The maximum Gasteiger partial charge on any atom is 0.260 e. The number of carbonyl (C=O) groups is 1. The molecule has 0 aliphatic rings. The van der Waals surface area contributed by atoms with Crippen LogP contribution in [0, 0.1) is 6.92 Å². The number of rotatable bonds is 5. The molecule has 0 unspecified atom stereocenters. The molecule has 0 saturated heterocycles. The molecular weight excluding hydrogens is 354 g/mol. The summed E-state index contributed by atoms with van der Waals surface area (Å²) in [5, 5.41) is 7.89. The molecule has 1 aromatic heterocycles. The van der Waals surface area contributed by atoms with Crippen LogP contribution in [0.4, 0.5) is 5.82 Å². The first kappa shape index (κ1) is 17.8. The van der Waals surface area contributed by atoms with Gasteiger partial charge in [0.25, 0.3) is 5.91 Å². The van der Waals surface area contributed by atoms with Gasteiger partial charge in [-0.25, -0.2) is 4.68 Å². The van der Waals surface area contributed by atoms with Gasteiger partial charge in [0.15, 0.2) is 5.82 Å². The smallest absolute Gasteiger partial charge is 0.260 e. The highest BCUT2D eigenvalue weighted by Gasteiger charge is 2.15. The van der Waals surface area contributed by atoms with Crippen molar-refractivity contribution in [3.05, 3.63) is 64.8 Å². The van der Waals surface area contributed by atoms with Gasteiger partial charge < -0.3 is 14.8 Å².